The predicted octanol–water partition coefficient (Wildman–Crippen LogP) is -0.691. The fourth-order valence-electron chi connectivity index (χ4n) is 7.50. The Hall–Kier alpha value is -7.92. The zero-order valence-electron chi connectivity index (χ0n) is 42.8. The number of phenols is 1. The first-order chi connectivity index (χ1) is 35.4. The van der Waals surface area contributed by atoms with Crippen LogP contribution in [0.3, 0.4) is 0 Å². The number of rotatable bonds is 30. The van der Waals surface area contributed by atoms with Gasteiger partial charge in [0.05, 0.1) is 25.1 Å². The molecule has 0 unspecified atom stereocenters. The smallest absolute Gasteiger partial charge is 0.326 e. The van der Waals surface area contributed by atoms with Crippen LogP contribution in [0.2, 0.25) is 0 Å². The van der Waals surface area contributed by atoms with Gasteiger partial charge in [-0.2, -0.15) is 0 Å². The number of nitrogens with one attached hydrogen (secondary N) is 8. The van der Waals surface area contributed by atoms with Gasteiger partial charge in [-0.15, -0.1) is 0 Å². The highest BCUT2D eigenvalue weighted by atomic mass is 16.4. The first kappa shape index (κ1) is 61.4. The number of aliphatic hydroxyl groups excluding tert-OH is 1. The zero-order chi connectivity index (χ0) is 55.9. The number of amides is 8. The first-order valence-electron chi connectivity index (χ1n) is 24.6. The molecule has 0 saturated heterocycles. The molecule has 0 bridgehead atoms. The number of carbonyl (C=O) groups excluding carboxylic acids is 8. The highest BCUT2D eigenvalue weighted by Gasteiger charge is 2.36. The van der Waals surface area contributed by atoms with Crippen LogP contribution in [0.4, 0.5) is 0 Å². The number of hydrogen-bond acceptors (Lipinski definition) is 13. The molecular weight excluding hydrogens is 975 g/mol. The number of benzene rings is 3. The number of carboxylic acids is 2. The van der Waals surface area contributed by atoms with Gasteiger partial charge >= 0.3 is 11.9 Å². The van der Waals surface area contributed by atoms with Crippen molar-refractivity contribution in [3.05, 3.63) is 102 Å². The number of nitrogens with two attached hydrogens (primary N) is 1. The molecule has 0 aliphatic heterocycles. The third-order valence-electron chi connectivity index (χ3n) is 12.4. The molecule has 0 fully saturated rings. The third kappa shape index (κ3) is 20.5. The topological polar surface area (TPSA) is 374 Å². The molecule has 0 spiro atoms. The molecule has 3 aromatic rings. The lowest BCUT2D eigenvalue weighted by Gasteiger charge is -2.29. The van der Waals surface area contributed by atoms with E-state index in [-0.39, 0.29) is 25.0 Å². The zero-order valence-corrected chi connectivity index (χ0v) is 42.8. The molecule has 0 saturated carbocycles. The van der Waals surface area contributed by atoms with Gasteiger partial charge in [0.25, 0.3) is 0 Å². The number of hydrogen-bond donors (Lipinski definition) is 13. The molecule has 0 aromatic heterocycles. The number of phenolic OH excluding ortho intramolecular Hbond substituents is 1. The molecule has 8 amide bonds. The summed E-state index contributed by atoms with van der Waals surface area (Å²) < 4.78 is 0. The van der Waals surface area contributed by atoms with Gasteiger partial charge in [-0.25, -0.2) is 4.79 Å². The van der Waals surface area contributed by atoms with Crippen LogP contribution in [0.1, 0.15) is 77.5 Å². The molecule has 11 atom stereocenters. The molecule has 23 nitrogen and oxygen atoms in total. The summed E-state index contributed by atoms with van der Waals surface area (Å²) in [7, 11) is 0. The molecule has 75 heavy (non-hydrogen) atoms. The van der Waals surface area contributed by atoms with Crippen molar-refractivity contribution < 1.29 is 68.4 Å². The van der Waals surface area contributed by atoms with E-state index >= 15 is 0 Å². The molecule has 3 rings (SSSR count). The van der Waals surface area contributed by atoms with Gasteiger partial charge in [0.15, 0.2) is 0 Å². The third-order valence-corrected chi connectivity index (χ3v) is 12.4. The van der Waals surface area contributed by atoms with Gasteiger partial charge in [0.1, 0.15) is 48.0 Å². The van der Waals surface area contributed by atoms with E-state index in [1.54, 1.807) is 88.4 Å². The second-order valence-corrected chi connectivity index (χ2v) is 18.5. The van der Waals surface area contributed by atoms with Crippen LogP contribution in [0.25, 0.3) is 0 Å². The van der Waals surface area contributed by atoms with E-state index in [4.69, 9.17) is 10.8 Å². The van der Waals surface area contributed by atoms with Crippen LogP contribution in [0.5, 0.6) is 5.75 Å². The number of aliphatic hydroxyl groups is 1. The average molecular weight is 1050 g/mol. The highest BCUT2D eigenvalue weighted by molar-refractivity contribution is 5.98. The highest BCUT2D eigenvalue weighted by Crippen LogP contribution is 2.15. The predicted molar refractivity (Wildman–Crippen MR) is 273 cm³/mol. The van der Waals surface area contributed by atoms with Crippen molar-refractivity contribution in [3.63, 3.8) is 0 Å². The molecule has 0 aliphatic carbocycles. The normalized spacial score (nSPS) is 15.4. The van der Waals surface area contributed by atoms with Crippen LogP contribution in [0.15, 0.2) is 84.9 Å². The molecule has 14 N–H and O–H groups in total. The van der Waals surface area contributed by atoms with Crippen molar-refractivity contribution >= 4 is 59.2 Å². The SMILES string of the molecule is CC[C@H](C)[C@H](NC(=O)[C@@H](NC(=O)[C@H](Cc1ccc(O)cc1)NC(=O)[C@H](C)NC(=O)CNC(=O)[C@H](Cc1ccccc1)NC(=O)[C@@H](NC(=O)[C@@H](N)CC(=O)O)[C@@H](C)CC)[C@@H](C)O)C(=O)N[C@@H](Cc1ccccc1)C(=O)O. The minimum absolute atomic E-state index is 0.0552. The fraction of sp³-hybridized carbons (Fsp3) is 0.462. The Kier molecular flexibility index (Phi) is 24.8. The van der Waals surface area contributed by atoms with E-state index in [0.29, 0.717) is 29.5 Å². The average Bonchev–Trinajstić information content (AvgIpc) is 3.37. The fourth-order valence-corrected chi connectivity index (χ4v) is 7.50. The van der Waals surface area contributed by atoms with Crippen LogP contribution < -0.4 is 48.3 Å². The molecule has 0 radical (unpaired) electrons. The minimum Gasteiger partial charge on any atom is -0.508 e. The van der Waals surface area contributed by atoms with E-state index in [0.717, 1.165) is 0 Å². The van der Waals surface area contributed by atoms with E-state index < -0.39 is 138 Å². The maximum absolute atomic E-state index is 14.1. The van der Waals surface area contributed by atoms with Crippen molar-refractivity contribution in [1.29, 1.82) is 0 Å². The van der Waals surface area contributed by atoms with Gasteiger partial charge in [-0.3, -0.25) is 43.2 Å². The monoisotopic (exact) mass is 1050 g/mol. The standard InChI is InChI=1S/C52H71N9O14/c1-7-28(3)42(59-46(68)36(53)26-41(65)66)49(71)57-37(23-32-15-11-9-12-16-32)47(69)54-27-40(64)55-30(5)45(67)56-38(24-34-19-21-35(63)22-20-34)48(70)61-44(31(6)62)51(73)60-43(29(4)8-2)50(72)58-39(52(74)75)25-33-17-13-10-14-18-33/h9-22,28-31,36-39,42-44,62-63H,7-8,23-27,53H2,1-6H3,(H,54,69)(H,55,64)(H,56,67)(H,57,71)(H,58,72)(H,59,68)(H,60,73)(H,61,70)(H,65,66)(H,74,75)/t28-,29-,30-,31+,36-,37-,38-,39-,42-,43-,44-/m0/s1. The number of carboxylic acid groups (broad SMARTS) is 2. The van der Waals surface area contributed by atoms with Gasteiger partial charge < -0.3 is 68.7 Å². The summed E-state index contributed by atoms with van der Waals surface area (Å²) in [5.74, 6) is -10.8. The summed E-state index contributed by atoms with van der Waals surface area (Å²) in [6, 6.07) is 11.5. The molecule has 23 heteroatoms. The number of aromatic hydroxyl groups is 1. The number of carbonyl (C=O) groups is 10. The van der Waals surface area contributed by atoms with Gasteiger partial charge in [0, 0.05) is 19.3 Å². The maximum Gasteiger partial charge on any atom is 0.326 e. The van der Waals surface area contributed by atoms with Gasteiger partial charge in [-0.05, 0) is 54.5 Å². The molecule has 3 aromatic carbocycles. The van der Waals surface area contributed by atoms with E-state index in [9.17, 15) is 63.3 Å². The van der Waals surface area contributed by atoms with Crippen molar-refractivity contribution in [2.24, 2.45) is 17.6 Å². The molecular formula is C52H71N9O14. The summed E-state index contributed by atoms with van der Waals surface area (Å²) in [5.41, 5.74) is 7.42. The Morgan fingerprint density at radius 1 is 0.493 bits per heavy atom. The van der Waals surface area contributed by atoms with Crippen LogP contribution in [-0.4, -0.2) is 141 Å². The summed E-state index contributed by atoms with van der Waals surface area (Å²) in [4.78, 5) is 132. The Bertz CT molecular complexity index is 2430. The van der Waals surface area contributed by atoms with Crippen molar-refractivity contribution in [1.82, 2.24) is 42.5 Å². The minimum atomic E-state index is -1.71. The maximum atomic E-state index is 14.1. The Balaban J connectivity index is 1.76. The lowest BCUT2D eigenvalue weighted by atomic mass is 9.96. The lowest BCUT2D eigenvalue weighted by Crippen LogP contribution is -2.62. The Morgan fingerprint density at radius 3 is 1.37 bits per heavy atom. The van der Waals surface area contributed by atoms with Gasteiger partial charge in [-0.1, -0.05) is 113 Å². The van der Waals surface area contributed by atoms with Crippen molar-refractivity contribution in [2.45, 2.75) is 135 Å². The number of aliphatic carboxylic acids is 2. The van der Waals surface area contributed by atoms with E-state index in [1.165, 1.54) is 38.1 Å². The van der Waals surface area contributed by atoms with Crippen molar-refractivity contribution in [2.75, 3.05) is 6.54 Å². The summed E-state index contributed by atoms with van der Waals surface area (Å²) in [5, 5.41) is 59.7. The van der Waals surface area contributed by atoms with Crippen LogP contribution in [0, 0.1) is 11.8 Å². The second kappa shape index (κ2) is 30.3. The lowest BCUT2D eigenvalue weighted by molar-refractivity contribution is -0.142. The molecule has 0 heterocycles. The first-order valence-corrected chi connectivity index (χ1v) is 24.6. The summed E-state index contributed by atoms with van der Waals surface area (Å²) in [6.45, 7) is 8.61. The Morgan fingerprint density at radius 2 is 0.907 bits per heavy atom. The second-order valence-electron chi connectivity index (χ2n) is 18.5. The largest absolute Gasteiger partial charge is 0.508 e. The van der Waals surface area contributed by atoms with Crippen LogP contribution >= 0.6 is 0 Å². The van der Waals surface area contributed by atoms with Crippen molar-refractivity contribution in [3.8, 4) is 5.75 Å². The molecule has 408 valence electrons. The van der Waals surface area contributed by atoms with Crippen LogP contribution in [-0.2, 0) is 67.2 Å². The van der Waals surface area contributed by atoms with E-state index in [1.807, 2.05) is 0 Å². The quantitative estimate of drug-likeness (QED) is 0.0393. The van der Waals surface area contributed by atoms with Gasteiger partial charge in [0.2, 0.25) is 47.3 Å². The Labute approximate surface area is 434 Å². The molecule has 0 aliphatic rings. The summed E-state index contributed by atoms with van der Waals surface area (Å²) in [6.07, 6.45) is -1.86. The van der Waals surface area contributed by atoms with E-state index in [2.05, 4.69) is 42.5 Å². The summed E-state index contributed by atoms with van der Waals surface area (Å²) >= 11 is 0.